The number of halogens is 1. The molecule has 0 saturated heterocycles. The third-order valence-electron chi connectivity index (χ3n) is 1.77. The third kappa shape index (κ3) is 4.01. The monoisotopic (exact) mass is 274 g/mol. The van der Waals surface area contributed by atoms with Crippen molar-refractivity contribution in [2.45, 2.75) is 20.0 Å². The number of nitrogens with one attached hydrogen (secondary N) is 1. The summed E-state index contributed by atoms with van der Waals surface area (Å²) in [5.74, 6) is 0.943. The van der Waals surface area contributed by atoms with Crippen LogP contribution in [0.15, 0.2) is 10.7 Å². The SMILES string of the molecule is CCOC(C)CNc1nc(N)ncc1Br. The number of aromatic nitrogens is 2. The first-order valence-corrected chi connectivity index (χ1v) is 5.56. The van der Waals surface area contributed by atoms with E-state index in [1.807, 2.05) is 13.8 Å². The lowest BCUT2D eigenvalue weighted by atomic mass is 10.4. The second kappa shape index (κ2) is 5.87. The van der Waals surface area contributed by atoms with E-state index in [0.29, 0.717) is 19.0 Å². The minimum Gasteiger partial charge on any atom is -0.377 e. The summed E-state index contributed by atoms with van der Waals surface area (Å²) in [5.41, 5.74) is 5.48. The van der Waals surface area contributed by atoms with Gasteiger partial charge in [0.25, 0.3) is 0 Å². The maximum Gasteiger partial charge on any atom is 0.221 e. The topological polar surface area (TPSA) is 73.1 Å². The molecule has 1 aromatic rings. The summed E-state index contributed by atoms with van der Waals surface area (Å²) >= 11 is 3.34. The predicted molar refractivity (Wildman–Crippen MR) is 63.7 cm³/mol. The molecule has 0 radical (unpaired) electrons. The van der Waals surface area contributed by atoms with E-state index in [4.69, 9.17) is 10.5 Å². The first-order valence-electron chi connectivity index (χ1n) is 4.77. The average molecular weight is 275 g/mol. The zero-order chi connectivity index (χ0) is 11.3. The van der Waals surface area contributed by atoms with Crippen molar-refractivity contribution in [2.24, 2.45) is 0 Å². The Labute approximate surface area is 97.6 Å². The molecule has 1 heterocycles. The smallest absolute Gasteiger partial charge is 0.221 e. The molecule has 0 amide bonds. The molecule has 3 N–H and O–H groups in total. The van der Waals surface area contributed by atoms with Crippen molar-refractivity contribution in [3.8, 4) is 0 Å². The highest BCUT2D eigenvalue weighted by molar-refractivity contribution is 9.10. The summed E-state index contributed by atoms with van der Waals surface area (Å²) in [5, 5.41) is 3.14. The van der Waals surface area contributed by atoms with Crippen LogP contribution in [-0.2, 0) is 4.74 Å². The van der Waals surface area contributed by atoms with Crippen LogP contribution in [0, 0.1) is 0 Å². The van der Waals surface area contributed by atoms with Crippen LogP contribution in [0.5, 0.6) is 0 Å². The molecule has 0 aliphatic rings. The molecule has 0 bridgehead atoms. The van der Waals surface area contributed by atoms with Gasteiger partial charge in [0.1, 0.15) is 5.82 Å². The molecule has 0 aromatic carbocycles. The van der Waals surface area contributed by atoms with E-state index in [-0.39, 0.29) is 12.1 Å². The lowest BCUT2D eigenvalue weighted by Gasteiger charge is -2.13. The maximum atomic E-state index is 5.48. The highest BCUT2D eigenvalue weighted by Crippen LogP contribution is 2.18. The molecule has 15 heavy (non-hydrogen) atoms. The number of rotatable bonds is 5. The van der Waals surface area contributed by atoms with Gasteiger partial charge in [0.05, 0.1) is 10.6 Å². The maximum absolute atomic E-state index is 5.48. The molecule has 6 heteroatoms. The standard InChI is InChI=1S/C9H15BrN4O/c1-3-15-6(2)4-12-8-7(10)5-13-9(11)14-8/h5-6H,3-4H2,1-2H3,(H3,11,12,13,14). The molecule has 1 rings (SSSR count). The van der Waals surface area contributed by atoms with E-state index in [9.17, 15) is 0 Å². The van der Waals surface area contributed by atoms with Gasteiger partial charge < -0.3 is 15.8 Å². The van der Waals surface area contributed by atoms with Gasteiger partial charge in [-0.3, -0.25) is 0 Å². The molecule has 1 aromatic heterocycles. The lowest BCUT2D eigenvalue weighted by molar-refractivity contribution is 0.0855. The van der Waals surface area contributed by atoms with Gasteiger partial charge in [0.2, 0.25) is 5.95 Å². The van der Waals surface area contributed by atoms with Gasteiger partial charge in [-0.1, -0.05) is 0 Å². The van der Waals surface area contributed by atoms with Gasteiger partial charge in [0.15, 0.2) is 0 Å². The number of hydrogen-bond donors (Lipinski definition) is 2. The van der Waals surface area contributed by atoms with Gasteiger partial charge in [0, 0.05) is 19.3 Å². The zero-order valence-corrected chi connectivity index (χ0v) is 10.4. The quantitative estimate of drug-likeness (QED) is 0.855. The second-order valence-electron chi connectivity index (χ2n) is 3.07. The first kappa shape index (κ1) is 12.2. The average Bonchev–Trinajstić information content (AvgIpc) is 2.20. The number of hydrogen-bond acceptors (Lipinski definition) is 5. The summed E-state index contributed by atoms with van der Waals surface area (Å²) in [6, 6.07) is 0. The Kier molecular flexibility index (Phi) is 4.77. The van der Waals surface area contributed by atoms with Crippen molar-refractivity contribution in [2.75, 3.05) is 24.2 Å². The summed E-state index contributed by atoms with van der Waals surface area (Å²) in [7, 11) is 0. The van der Waals surface area contributed by atoms with E-state index >= 15 is 0 Å². The summed E-state index contributed by atoms with van der Waals surface area (Å²) in [6.45, 7) is 5.35. The van der Waals surface area contributed by atoms with Crippen molar-refractivity contribution in [3.05, 3.63) is 10.7 Å². The predicted octanol–water partition coefficient (Wildman–Crippen LogP) is 1.66. The van der Waals surface area contributed by atoms with Gasteiger partial charge in [-0.15, -0.1) is 0 Å². The van der Waals surface area contributed by atoms with Crippen LogP contribution in [0.25, 0.3) is 0 Å². The minimum absolute atomic E-state index is 0.137. The van der Waals surface area contributed by atoms with E-state index in [1.165, 1.54) is 0 Å². The largest absolute Gasteiger partial charge is 0.377 e. The fourth-order valence-corrected chi connectivity index (χ4v) is 1.42. The molecule has 5 nitrogen and oxygen atoms in total. The first-order chi connectivity index (χ1) is 7.13. The molecular formula is C9H15BrN4O. The van der Waals surface area contributed by atoms with Crippen LogP contribution in [-0.4, -0.2) is 29.2 Å². The normalized spacial score (nSPS) is 12.5. The number of ether oxygens (including phenoxy) is 1. The van der Waals surface area contributed by atoms with E-state index in [1.54, 1.807) is 6.20 Å². The molecule has 1 unspecified atom stereocenters. The zero-order valence-electron chi connectivity index (χ0n) is 8.83. The molecule has 0 fully saturated rings. The highest BCUT2D eigenvalue weighted by atomic mass is 79.9. The number of nitrogens with zero attached hydrogens (tertiary/aromatic N) is 2. The second-order valence-corrected chi connectivity index (χ2v) is 3.93. The van der Waals surface area contributed by atoms with Crippen LogP contribution in [0.4, 0.5) is 11.8 Å². The van der Waals surface area contributed by atoms with Gasteiger partial charge in [-0.05, 0) is 29.8 Å². The Hall–Kier alpha value is -0.880. The molecule has 0 aliphatic heterocycles. The highest BCUT2D eigenvalue weighted by Gasteiger charge is 2.05. The lowest BCUT2D eigenvalue weighted by Crippen LogP contribution is -2.20. The Morgan fingerprint density at radius 3 is 3.07 bits per heavy atom. The van der Waals surface area contributed by atoms with E-state index in [2.05, 4.69) is 31.2 Å². The number of anilines is 2. The van der Waals surface area contributed by atoms with Crippen LogP contribution < -0.4 is 11.1 Å². The molecule has 1 atom stereocenters. The molecule has 0 aliphatic carbocycles. The van der Waals surface area contributed by atoms with Crippen LogP contribution in [0.3, 0.4) is 0 Å². The summed E-state index contributed by atoms with van der Waals surface area (Å²) < 4.78 is 6.17. The van der Waals surface area contributed by atoms with Crippen molar-refractivity contribution in [3.63, 3.8) is 0 Å². The van der Waals surface area contributed by atoms with Crippen molar-refractivity contribution < 1.29 is 4.74 Å². The Balaban J connectivity index is 2.53. The molecule has 84 valence electrons. The molecule has 0 saturated carbocycles. The van der Waals surface area contributed by atoms with Gasteiger partial charge >= 0.3 is 0 Å². The fourth-order valence-electron chi connectivity index (χ4n) is 1.09. The van der Waals surface area contributed by atoms with Crippen LogP contribution in [0.2, 0.25) is 0 Å². The Morgan fingerprint density at radius 2 is 2.40 bits per heavy atom. The number of nitrogens with two attached hydrogens (primary N) is 1. The molecule has 0 spiro atoms. The number of nitrogen functional groups attached to an aromatic ring is 1. The van der Waals surface area contributed by atoms with Gasteiger partial charge in [-0.25, -0.2) is 4.98 Å². The molecular weight excluding hydrogens is 260 g/mol. The van der Waals surface area contributed by atoms with Crippen molar-refractivity contribution >= 4 is 27.7 Å². The Morgan fingerprint density at radius 1 is 1.67 bits per heavy atom. The van der Waals surface area contributed by atoms with E-state index in [0.717, 1.165) is 4.47 Å². The van der Waals surface area contributed by atoms with Gasteiger partial charge in [-0.2, -0.15) is 4.98 Å². The van der Waals surface area contributed by atoms with Crippen molar-refractivity contribution in [1.29, 1.82) is 0 Å². The van der Waals surface area contributed by atoms with Crippen LogP contribution >= 0.6 is 15.9 Å². The summed E-state index contributed by atoms with van der Waals surface area (Å²) in [6.07, 6.45) is 1.76. The van der Waals surface area contributed by atoms with E-state index < -0.39 is 0 Å². The Bertz CT molecular complexity index is 321. The summed E-state index contributed by atoms with van der Waals surface area (Å²) in [4.78, 5) is 7.91. The third-order valence-corrected chi connectivity index (χ3v) is 2.35. The minimum atomic E-state index is 0.137. The van der Waals surface area contributed by atoms with Crippen molar-refractivity contribution in [1.82, 2.24) is 9.97 Å². The van der Waals surface area contributed by atoms with Crippen LogP contribution in [0.1, 0.15) is 13.8 Å². The fraction of sp³-hybridized carbons (Fsp3) is 0.556.